The van der Waals surface area contributed by atoms with Crippen molar-refractivity contribution >= 4 is 29.6 Å². The number of carbonyl (C=O) groups is 5. The molecule has 4 amide bonds. The fourth-order valence-electron chi connectivity index (χ4n) is 5.20. The van der Waals surface area contributed by atoms with Crippen LogP contribution in [-0.4, -0.2) is 71.8 Å². The number of hydrogen-bond donors (Lipinski definition) is 3. The SMILES string of the molecule is COC(=O)[C@@H](NC(=O)[C@@H]1CC[C@@H]2CCC[C@H](NC(=O)[C@H](Cc3ccccc3)NC(C)=O)C(=O)N21)C(C)C. The molecule has 37 heavy (non-hydrogen) atoms. The number of nitrogens with zero attached hydrogens (tertiary/aromatic N) is 1. The van der Waals surface area contributed by atoms with Crippen molar-refractivity contribution in [1.82, 2.24) is 20.9 Å². The Balaban J connectivity index is 1.74. The zero-order valence-electron chi connectivity index (χ0n) is 22.0. The van der Waals surface area contributed by atoms with Gasteiger partial charge in [-0.05, 0) is 43.6 Å². The molecular formula is C27H38N4O6. The van der Waals surface area contributed by atoms with Gasteiger partial charge in [0.25, 0.3) is 0 Å². The first-order valence-electron chi connectivity index (χ1n) is 12.9. The number of nitrogens with one attached hydrogen (secondary N) is 3. The molecule has 202 valence electrons. The average molecular weight is 515 g/mol. The van der Waals surface area contributed by atoms with E-state index in [1.54, 1.807) is 4.90 Å². The third-order valence-corrected chi connectivity index (χ3v) is 7.10. The van der Waals surface area contributed by atoms with Crippen molar-refractivity contribution in [3.8, 4) is 0 Å². The molecule has 2 aliphatic heterocycles. The standard InChI is InChI=1S/C27H38N4O6/c1-16(2)23(27(36)37-4)30-25(34)22-14-13-19-11-8-12-20(26(35)31(19)22)29-24(33)21(28-17(3)32)15-18-9-6-5-7-10-18/h5-7,9-10,16,19-23H,8,11-15H2,1-4H3,(H,28,32)(H,29,33)(H,30,34)/t19-,20-,21-,22-,23-/m0/s1. The summed E-state index contributed by atoms with van der Waals surface area (Å²) in [7, 11) is 1.27. The number of fused-ring (bicyclic) bond motifs is 1. The molecule has 0 spiro atoms. The number of esters is 1. The highest BCUT2D eigenvalue weighted by molar-refractivity contribution is 5.95. The van der Waals surface area contributed by atoms with Crippen LogP contribution >= 0.6 is 0 Å². The van der Waals surface area contributed by atoms with Crippen molar-refractivity contribution in [1.29, 1.82) is 0 Å². The van der Waals surface area contributed by atoms with Gasteiger partial charge in [-0.2, -0.15) is 0 Å². The normalized spacial score (nSPS) is 22.9. The number of ether oxygens (including phenoxy) is 1. The Hall–Kier alpha value is -3.43. The monoisotopic (exact) mass is 514 g/mol. The van der Waals surface area contributed by atoms with E-state index in [2.05, 4.69) is 16.0 Å². The van der Waals surface area contributed by atoms with E-state index in [0.29, 0.717) is 25.7 Å². The Kier molecular flexibility index (Phi) is 9.66. The number of amides is 4. The van der Waals surface area contributed by atoms with Gasteiger partial charge in [0.1, 0.15) is 24.2 Å². The molecule has 0 aliphatic carbocycles. The lowest BCUT2D eigenvalue weighted by Crippen LogP contribution is -2.58. The topological polar surface area (TPSA) is 134 Å². The zero-order chi connectivity index (χ0) is 27.1. The van der Waals surface area contributed by atoms with Gasteiger partial charge in [-0.25, -0.2) is 4.79 Å². The Morgan fingerprint density at radius 3 is 2.35 bits per heavy atom. The summed E-state index contributed by atoms with van der Waals surface area (Å²) in [5.41, 5.74) is 0.880. The van der Waals surface area contributed by atoms with Crippen molar-refractivity contribution in [3.05, 3.63) is 35.9 Å². The highest BCUT2D eigenvalue weighted by atomic mass is 16.5. The van der Waals surface area contributed by atoms with E-state index in [1.165, 1.54) is 14.0 Å². The number of carbonyl (C=O) groups excluding carboxylic acids is 5. The highest BCUT2D eigenvalue weighted by Gasteiger charge is 2.45. The molecule has 2 fully saturated rings. The van der Waals surface area contributed by atoms with Crippen LogP contribution in [0.25, 0.3) is 0 Å². The second-order valence-corrected chi connectivity index (χ2v) is 10.2. The summed E-state index contributed by atoms with van der Waals surface area (Å²) in [6.07, 6.45) is 3.34. The van der Waals surface area contributed by atoms with E-state index in [4.69, 9.17) is 4.74 Å². The number of rotatable bonds is 9. The van der Waals surface area contributed by atoms with Crippen molar-refractivity contribution in [2.45, 2.75) is 89.5 Å². The van der Waals surface area contributed by atoms with Crippen LogP contribution in [0, 0.1) is 5.92 Å². The molecule has 0 bridgehead atoms. The van der Waals surface area contributed by atoms with Gasteiger partial charge in [0.15, 0.2) is 0 Å². The van der Waals surface area contributed by atoms with E-state index < -0.39 is 42.0 Å². The quantitative estimate of drug-likeness (QED) is 0.422. The molecule has 3 N–H and O–H groups in total. The first-order valence-corrected chi connectivity index (χ1v) is 12.9. The maximum atomic E-state index is 13.6. The lowest BCUT2D eigenvalue weighted by atomic mass is 10.0. The first-order chi connectivity index (χ1) is 17.6. The minimum Gasteiger partial charge on any atom is -0.467 e. The van der Waals surface area contributed by atoms with Crippen LogP contribution in [0.4, 0.5) is 0 Å². The summed E-state index contributed by atoms with van der Waals surface area (Å²) >= 11 is 0. The molecular weight excluding hydrogens is 476 g/mol. The smallest absolute Gasteiger partial charge is 0.328 e. The molecule has 10 heteroatoms. The predicted octanol–water partition coefficient (Wildman–Crippen LogP) is 1.08. The van der Waals surface area contributed by atoms with Crippen LogP contribution in [0.2, 0.25) is 0 Å². The summed E-state index contributed by atoms with van der Waals surface area (Å²) in [6.45, 7) is 4.96. The van der Waals surface area contributed by atoms with Crippen LogP contribution in [0.3, 0.4) is 0 Å². The van der Waals surface area contributed by atoms with E-state index in [0.717, 1.165) is 12.0 Å². The molecule has 2 aliphatic rings. The number of hydrogen-bond acceptors (Lipinski definition) is 6. The minimum absolute atomic E-state index is 0.101. The lowest BCUT2D eigenvalue weighted by Gasteiger charge is -2.32. The molecule has 2 saturated heterocycles. The maximum Gasteiger partial charge on any atom is 0.328 e. The van der Waals surface area contributed by atoms with E-state index in [1.807, 2.05) is 44.2 Å². The van der Waals surface area contributed by atoms with E-state index >= 15 is 0 Å². The summed E-state index contributed by atoms with van der Waals surface area (Å²) in [5.74, 6) is -2.21. The lowest BCUT2D eigenvalue weighted by molar-refractivity contribution is -0.148. The Labute approximate surface area is 217 Å². The molecule has 1 aromatic rings. The second kappa shape index (κ2) is 12.7. The van der Waals surface area contributed by atoms with Crippen molar-refractivity contribution in [2.75, 3.05) is 7.11 Å². The summed E-state index contributed by atoms with van der Waals surface area (Å²) in [5, 5.41) is 8.29. The minimum atomic E-state index is -0.837. The van der Waals surface area contributed by atoms with E-state index in [-0.39, 0.29) is 30.2 Å². The molecule has 0 radical (unpaired) electrons. The third kappa shape index (κ3) is 7.08. The van der Waals surface area contributed by atoms with Crippen LogP contribution in [0.15, 0.2) is 30.3 Å². The van der Waals surface area contributed by atoms with Gasteiger partial charge in [-0.3, -0.25) is 19.2 Å². The van der Waals surface area contributed by atoms with Gasteiger partial charge < -0.3 is 25.6 Å². The fourth-order valence-corrected chi connectivity index (χ4v) is 5.20. The Bertz CT molecular complexity index is 998. The molecule has 0 unspecified atom stereocenters. The van der Waals surface area contributed by atoms with Crippen molar-refractivity contribution in [3.63, 3.8) is 0 Å². The van der Waals surface area contributed by atoms with Crippen molar-refractivity contribution < 1.29 is 28.7 Å². The fraction of sp³-hybridized carbons (Fsp3) is 0.593. The first kappa shape index (κ1) is 28.1. The van der Waals surface area contributed by atoms with Crippen LogP contribution in [0.1, 0.15) is 58.4 Å². The molecule has 5 atom stereocenters. The molecule has 0 saturated carbocycles. The maximum absolute atomic E-state index is 13.6. The largest absolute Gasteiger partial charge is 0.467 e. The summed E-state index contributed by atoms with van der Waals surface area (Å²) < 4.78 is 4.83. The van der Waals surface area contributed by atoms with Gasteiger partial charge in [-0.1, -0.05) is 44.2 Å². The van der Waals surface area contributed by atoms with Crippen molar-refractivity contribution in [2.24, 2.45) is 5.92 Å². The summed E-state index contributed by atoms with van der Waals surface area (Å²) in [4.78, 5) is 65.6. The van der Waals surface area contributed by atoms with Crippen LogP contribution in [0.5, 0.6) is 0 Å². The number of methoxy groups -OCH3 is 1. The molecule has 10 nitrogen and oxygen atoms in total. The Morgan fingerprint density at radius 1 is 1.03 bits per heavy atom. The van der Waals surface area contributed by atoms with Crippen LogP contribution in [-0.2, 0) is 35.1 Å². The Morgan fingerprint density at radius 2 is 1.73 bits per heavy atom. The third-order valence-electron chi connectivity index (χ3n) is 7.10. The summed E-state index contributed by atoms with van der Waals surface area (Å²) in [6, 6.07) is 6.04. The predicted molar refractivity (Wildman–Crippen MR) is 136 cm³/mol. The molecule has 3 rings (SSSR count). The molecule has 1 aromatic carbocycles. The molecule has 2 heterocycles. The van der Waals surface area contributed by atoms with Gasteiger partial charge in [0, 0.05) is 19.4 Å². The van der Waals surface area contributed by atoms with Gasteiger partial charge >= 0.3 is 5.97 Å². The van der Waals surface area contributed by atoms with Gasteiger partial charge in [-0.15, -0.1) is 0 Å². The highest BCUT2D eigenvalue weighted by Crippen LogP contribution is 2.32. The van der Waals surface area contributed by atoms with E-state index in [9.17, 15) is 24.0 Å². The van der Waals surface area contributed by atoms with Crippen LogP contribution < -0.4 is 16.0 Å². The molecule has 0 aromatic heterocycles. The second-order valence-electron chi connectivity index (χ2n) is 10.2. The number of benzene rings is 1. The average Bonchev–Trinajstić information content (AvgIpc) is 3.22. The van der Waals surface area contributed by atoms with Gasteiger partial charge in [0.05, 0.1) is 7.11 Å². The zero-order valence-corrected chi connectivity index (χ0v) is 22.0. The van der Waals surface area contributed by atoms with Gasteiger partial charge in [0.2, 0.25) is 23.6 Å².